The van der Waals surface area contributed by atoms with Crippen LogP contribution in [0, 0.1) is 19.8 Å². The van der Waals surface area contributed by atoms with Crippen molar-refractivity contribution in [1.29, 1.82) is 0 Å². The van der Waals surface area contributed by atoms with E-state index in [0.29, 0.717) is 50.1 Å². The van der Waals surface area contributed by atoms with Gasteiger partial charge in [-0.2, -0.15) is 4.31 Å². The first-order chi connectivity index (χ1) is 11.7. The predicted octanol–water partition coefficient (Wildman–Crippen LogP) is 1.38. The summed E-state index contributed by atoms with van der Waals surface area (Å²) in [6.45, 7) is 10.8. The van der Waals surface area contributed by atoms with Crippen molar-refractivity contribution < 1.29 is 13.2 Å². The molecule has 1 aromatic rings. The Kier molecular flexibility index (Phi) is 6.59. The molecule has 0 aliphatic carbocycles. The van der Waals surface area contributed by atoms with Crippen LogP contribution >= 0.6 is 0 Å². The summed E-state index contributed by atoms with van der Waals surface area (Å²) in [5.74, 6) is 0.420. The highest BCUT2D eigenvalue weighted by molar-refractivity contribution is 7.89. The first kappa shape index (κ1) is 19.9. The molecule has 1 aromatic carbocycles. The molecule has 1 aliphatic heterocycles. The number of rotatable bonds is 6. The van der Waals surface area contributed by atoms with Crippen molar-refractivity contribution >= 4 is 15.9 Å². The van der Waals surface area contributed by atoms with Gasteiger partial charge in [0.1, 0.15) is 0 Å². The van der Waals surface area contributed by atoms with Gasteiger partial charge in [-0.25, -0.2) is 8.42 Å². The highest BCUT2D eigenvalue weighted by Gasteiger charge is 2.30. The van der Waals surface area contributed by atoms with Crippen LogP contribution < -0.4 is 5.32 Å². The molecule has 0 atom stereocenters. The fourth-order valence-corrected chi connectivity index (χ4v) is 4.56. The molecule has 0 radical (unpaired) electrons. The van der Waals surface area contributed by atoms with Crippen molar-refractivity contribution in [3.05, 3.63) is 29.3 Å². The van der Waals surface area contributed by atoms with Gasteiger partial charge in [-0.15, -0.1) is 0 Å². The number of sulfonamides is 1. The van der Waals surface area contributed by atoms with Crippen LogP contribution in [-0.2, 0) is 14.8 Å². The molecule has 0 saturated carbocycles. The molecule has 1 fully saturated rings. The van der Waals surface area contributed by atoms with Crippen LogP contribution in [0.5, 0.6) is 0 Å². The summed E-state index contributed by atoms with van der Waals surface area (Å²) in [5.41, 5.74) is 1.82. The fourth-order valence-electron chi connectivity index (χ4n) is 2.93. The van der Waals surface area contributed by atoms with Crippen LogP contribution in [0.1, 0.15) is 25.0 Å². The summed E-state index contributed by atoms with van der Waals surface area (Å²) in [4.78, 5) is 14.3. The number of amides is 1. The zero-order valence-electron chi connectivity index (χ0n) is 15.6. The van der Waals surface area contributed by atoms with Crippen molar-refractivity contribution in [2.45, 2.75) is 32.6 Å². The minimum atomic E-state index is -3.48. The van der Waals surface area contributed by atoms with Gasteiger partial charge in [-0.3, -0.25) is 9.69 Å². The number of nitrogens with one attached hydrogen (secondary N) is 1. The van der Waals surface area contributed by atoms with E-state index >= 15 is 0 Å². The third-order valence-corrected chi connectivity index (χ3v) is 6.41. The van der Waals surface area contributed by atoms with Crippen molar-refractivity contribution in [3.63, 3.8) is 0 Å². The topological polar surface area (TPSA) is 69.7 Å². The van der Waals surface area contributed by atoms with Crippen LogP contribution in [0.4, 0.5) is 0 Å². The highest BCUT2D eigenvalue weighted by atomic mass is 32.2. The Morgan fingerprint density at radius 2 is 1.80 bits per heavy atom. The van der Waals surface area contributed by atoms with Crippen LogP contribution in [0.15, 0.2) is 23.1 Å². The van der Waals surface area contributed by atoms with Gasteiger partial charge in [0.15, 0.2) is 0 Å². The minimum Gasteiger partial charge on any atom is -0.355 e. The van der Waals surface area contributed by atoms with Crippen molar-refractivity contribution in [2.75, 3.05) is 39.3 Å². The van der Waals surface area contributed by atoms with Gasteiger partial charge in [-0.1, -0.05) is 31.5 Å². The zero-order valence-corrected chi connectivity index (χ0v) is 16.4. The second-order valence-corrected chi connectivity index (χ2v) is 9.05. The van der Waals surface area contributed by atoms with Gasteiger partial charge >= 0.3 is 0 Å². The lowest BCUT2D eigenvalue weighted by atomic mass is 10.2. The van der Waals surface area contributed by atoms with E-state index in [1.807, 2.05) is 30.9 Å². The number of carbonyl (C=O) groups is 1. The quantitative estimate of drug-likeness (QED) is 0.825. The molecule has 1 saturated heterocycles. The molecular weight excluding hydrogens is 338 g/mol. The predicted molar refractivity (Wildman–Crippen MR) is 99.0 cm³/mol. The van der Waals surface area contributed by atoms with E-state index in [1.165, 1.54) is 4.31 Å². The lowest BCUT2D eigenvalue weighted by molar-refractivity contribution is -0.122. The Morgan fingerprint density at radius 1 is 1.16 bits per heavy atom. The third kappa shape index (κ3) is 5.26. The monoisotopic (exact) mass is 367 g/mol. The molecule has 1 N–H and O–H groups in total. The number of aryl methyl sites for hydroxylation is 2. The van der Waals surface area contributed by atoms with Gasteiger partial charge in [0.05, 0.1) is 11.4 Å². The van der Waals surface area contributed by atoms with Crippen LogP contribution in [-0.4, -0.2) is 62.8 Å². The summed E-state index contributed by atoms with van der Waals surface area (Å²) >= 11 is 0. The number of carbonyl (C=O) groups excluding carboxylic acids is 1. The third-order valence-electron chi connectivity index (χ3n) is 4.35. The second-order valence-electron chi connectivity index (χ2n) is 7.15. The van der Waals surface area contributed by atoms with Crippen LogP contribution in [0.25, 0.3) is 0 Å². The summed E-state index contributed by atoms with van der Waals surface area (Å²) in [6, 6.07) is 5.41. The fraction of sp³-hybridized carbons (Fsp3) is 0.611. The smallest absolute Gasteiger partial charge is 0.243 e. The standard InChI is InChI=1S/C18H29N3O3S/c1-14(2)12-19-18(22)13-20-7-9-21(10-8-20)25(23,24)17-6-5-15(3)11-16(17)4/h5-6,11,14H,7-10,12-13H2,1-4H3,(H,19,22). The summed E-state index contributed by atoms with van der Waals surface area (Å²) < 4.78 is 27.2. The average Bonchev–Trinajstić information content (AvgIpc) is 2.53. The van der Waals surface area contributed by atoms with Gasteiger partial charge in [0, 0.05) is 32.7 Å². The zero-order chi connectivity index (χ0) is 18.6. The average molecular weight is 368 g/mol. The molecule has 140 valence electrons. The Morgan fingerprint density at radius 3 is 2.36 bits per heavy atom. The molecule has 25 heavy (non-hydrogen) atoms. The van der Waals surface area contributed by atoms with Crippen molar-refractivity contribution in [1.82, 2.24) is 14.5 Å². The van der Waals surface area contributed by atoms with E-state index in [-0.39, 0.29) is 5.91 Å². The number of benzene rings is 1. The molecular formula is C18H29N3O3S. The van der Waals surface area contributed by atoms with Crippen molar-refractivity contribution in [2.24, 2.45) is 5.92 Å². The maximum Gasteiger partial charge on any atom is 0.243 e. The van der Waals surface area contributed by atoms with Gasteiger partial charge in [0.25, 0.3) is 0 Å². The normalized spacial score (nSPS) is 17.0. The van der Waals surface area contributed by atoms with E-state index in [1.54, 1.807) is 6.07 Å². The Bertz CT molecular complexity index is 708. The molecule has 0 spiro atoms. The largest absolute Gasteiger partial charge is 0.355 e. The molecule has 0 unspecified atom stereocenters. The lowest BCUT2D eigenvalue weighted by Gasteiger charge is -2.33. The summed E-state index contributed by atoms with van der Waals surface area (Å²) in [5, 5.41) is 2.90. The Balaban J connectivity index is 1.94. The van der Waals surface area contributed by atoms with Gasteiger partial charge < -0.3 is 5.32 Å². The second kappa shape index (κ2) is 8.29. The first-order valence-corrected chi connectivity index (χ1v) is 10.2. The van der Waals surface area contributed by atoms with Crippen molar-refractivity contribution in [3.8, 4) is 0 Å². The number of hydrogen-bond acceptors (Lipinski definition) is 4. The molecule has 7 heteroatoms. The van der Waals surface area contributed by atoms with E-state index in [2.05, 4.69) is 19.2 Å². The van der Waals surface area contributed by atoms with E-state index < -0.39 is 10.0 Å². The highest BCUT2D eigenvalue weighted by Crippen LogP contribution is 2.22. The van der Waals surface area contributed by atoms with E-state index in [4.69, 9.17) is 0 Å². The molecule has 1 heterocycles. The SMILES string of the molecule is Cc1ccc(S(=O)(=O)N2CCN(CC(=O)NCC(C)C)CC2)c(C)c1. The van der Waals surface area contributed by atoms with Gasteiger partial charge in [0.2, 0.25) is 15.9 Å². The molecule has 6 nitrogen and oxygen atoms in total. The molecule has 2 rings (SSSR count). The van der Waals surface area contributed by atoms with E-state index in [9.17, 15) is 13.2 Å². The first-order valence-electron chi connectivity index (χ1n) is 8.76. The summed E-state index contributed by atoms with van der Waals surface area (Å²) in [7, 11) is -3.48. The lowest BCUT2D eigenvalue weighted by Crippen LogP contribution is -2.51. The Labute approximate surface area is 151 Å². The van der Waals surface area contributed by atoms with Crippen LogP contribution in [0.2, 0.25) is 0 Å². The maximum absolute atomic E-state index is 12.9. The molecule has 1 amide bonds. The van der Waals surface area contributed by atoms with Crippen LogP contribution in [0.3, 0.4) is 0 Å². The molecule has 0 aromatic heterocycles. The van der Waals surface area contributed by atoms with E-state index in [0.717, 1.165) is 11.1 Å². The molecule has 0 bridgehead atoms. The minimum absolute atomic E-state index is 0.000568. The van der Waals surface area contributed by atoms with Gasteiger partial charge in [-0.05, 0) is 31.4 Å². The Hall–Kier alpha value is -1.44. The number of hydrogen-bond donors (Lipinski definition) is 1. The molecule has 1 aliphatic rings. The summed E-state index contributed by atoms with van der Waals surface area (Å²) in [6.07, 6.45) is 0. The number of piperazine rings is 1. The number of nitrogens with zero attached hydrogens (tertiary/aromatic N) is 2. The maximum atomic E-state index is 12.9.